The van der Waals surface area contributed by atoms with Crippen LogP contribution in [-0.2, 0) is 11.2 Å². The normalized spacial score (nSPS) is 16.3. The number of guanidine groups is 1. The van der Waals surface area contributed by atoms with Crippen LogP contribution in [0, 0.1) is 5.82 Å². The van der Waals surface area contributed by atoms with Crippen molar-refractivity contribution in [3.05, 3.63) is 58.0 Å². The van der Waals surface area contributed by atoms with Crippen molar-refractivity contribution in [2.75, 3.05) is 46.4 Å². The first kappa shape index (κ1) is 23.1. The summed E-state index contributed by atoms with van der Waals surface area (Å²) in [6, 6.07) is 11.1. The zero-order valence-electron chi connectivity index (χ0n) is 16.1. The maximum Gasteiger partial charge on any atom is 0.191 e. The molecular formula is C20H28FIN4OS. The molecule has 1 aliphatic rings. The Morgan fingerprint density at radius 2 is 2.07 bits per heavy atom. The van der Waals surface area contributed by atoms with E-state index in [1.807, 2.05) is 6.07 Å². The highest BCUT2D eigenvalue weighted by atomic mass is 127. The Labute approximate surface area is 187 Å². The number of morpholine rings is 1. The summed E-state index contributed by atoms with van der Waals surface area (Å²) in [5.74, 6) is 0.561. The molecule has 0 bridgehead atoms. The smallest absolute Gasteiger partial charge is 0.191 e. The van der Waals surface area contributed by atoms with Gasteiger partial charge in [0, 0.05) is 38.1 Å². The topological polar surface area (TPSA) is 48.9 Å². The number of halogens is 2. The summed E-state index contributed by atoms with van der Waals surface area (Å²) >= 11 is 1.76. The highest BCUT2D eigenvalue weighted by molar-refractivity contribution is 14.0. The van der Waals surface area contributed by atoms with Crippen molar-refractivity contribution in [3.8, 4) is 0 Å². The second-order valence-corrected chi connectivity index (χ2v) is 7.46. The van der Waals surface area contributed by atoms with Gasteiger partial charge >= 0.3 is 0 Å². The number of ether oxygens (including phenoxy) is 1. The van der Waals surface area contributed by atoms with Gasteiger partial charge in [0.25, 0.3) is 0 Å². The minimum Gasteiger partial charge on any atom is -0.379 e. The average Bonchev–Trinajstić information content (AvgIpc) is 3.21. The zero-order valence-corrected chi connectivity index (χ0v) is 19.2. The van der Waals surface area contributed by atoms with Crippen LogP contribution in [0.1, 0.15) is 16.5 Å². The van der Waals surface area contributed by atoms with E-state index in [4.69, 9.17) is 4.74 Å². The molecule has 1 saturated heterocycles. The molecule has 0 spiro atoms. The van der Waals surface area contributed by atoms with Crippen LogP contribution < -0.4 is 10.6 Å². The monoisotopic (exact) mass is 518 g/mol. The summed E-state index contributed by atoms with van der Waals surface area (Å²) in [5.41, 5.74) is 0.971. The first-order valence-electron chi connectivity index (χ1n) is 9.30. The fourth-order valence-corrected chi connectivity index (χ4v) is 3.94. The molecule has 2 heterocycles. The van der Waals surface area contributed by atoms with Crippen LogP contribution in [0.3, 0.4) is 0 Å². The van der Waals surface area contributed by atoms with Gasteiger partial charge in [-0.25, -0.2) is 4.39 Å². The predicted molar refractivity (Wildman–Crippen MR) is 124 cm³/mol. The molecule has 2 N–H and O–H groups in total. The second kappa shape index (κ2) is 12.4. The number of rotatable bonds is 7. The molecule has 0 saturated carbocycles. The Kier molecular flexibility index (Phi) is 10.2. The van der Waals surface area contributed by atoms with Crippen LogP contribution in [0.4, 0.5) is 4.39 Å². The van der Waals surface area contributed by atoms with Gasteiger partial charge in [-0.1, -0.05) is 18.2 Å². The van der Waals surface area contributed by atoms with Crippen molar-refractivity contribution in [2.24, 2.45) is 4.99 Å². The van der Waals surface area contributed by atoms with Crippen molar-refractivity contribution in [1.29, 1.82) is 0 Å². The minimum atomic E-state index is -0.204. The van der Waals surface area contributed by atoms with E-state index in [0.29, 0.717) is 19.8 Å². The number of aliphatic imine (C=N–C) groups is 1. The lowest BCUT2D eigenvalue weighted by Crippen LogP contribution is -2.46. The van der Waals surface area contributed by atoms with E-state index in [-0.39, 0.29) is 35.8 Å². The van der Waals surface area contributed by atoms with Gasteiger partial charge in [-0.05, 0) is 35.6 Å². The number of hydrogen-bond acceptors (Lipinski definition) is 4. The summed E-state index contributed by atoms with van der Waals surface area (Å²) < 4.78 is 19.2. The number of hydrogen-bond donors (Lipinski definition) is 2. The summed E-state index contributed by atoms with van der Waals surface area (Å²) in [7, 11) is 1.77. The molecule has 0 amide bonds. The van der Waals surface area contributed by atoms with Crippen molar-refractivity contribution in [3.63, 3.8) is 0 Å². The third-order valence-corrected chi connectivity index (χ3v) is 5.59. The first-order valence-corrected chi connectivity index (χ1v) is 10.2. The maximum atomic E-state index is 13.8. The van der Waals surface area contributed by atoms with Crippen LogP contribution in [0.5, 0.6) is 0 Å². The van der Waals surface area contributed by atoms with Crippen LogP contribution in [0.2, 0.25) is 0 Å². The molecule has 154 valence electrons. The summed E-state index contributed by atoms with van der Waals surface area (Å²) in [6.45, 7) is 4.57. The number of benzene rings is 1. The second-order valence-electron chi connectivity index (χ2n) is 6.43. The summed E-state index contributed by atoms with van der Waals surface area (Å²) in [6.07, 6.45) is 0.967. The van der Waals surface area contributed by atoms with Crippen LogP contribution in [0.15, 0.2) is 46.8 Å². The Bertz CT molecular complexity index is 723. The standard InChI is InChI=1S/C20H27FN4OS.HI/c1-22-20(23-8-7-18-6-3-13-27-18)24-15-19(25-9-11-26-12-10-25)16-4-2-5-17(21)14-16;/h2-6,13-14,19H,7-12,15H2,1H3,(H2,22,23,24);1H. The van der Waals surface area contributed by atoms with E-state index in [9.17, 15) is 4.39 Å². The lowest BCUT2D eigenvalue weighted by molar-refractivity contribution is 0.0169. The Balaban J connectivity index is 0.00000280. The average molecular weight is 518 g/mol. The predicted octanol–water partition coefficient (Wildman–Crippen LogP) is 3.29. The fourth-order valence-electron chi connectivity index (χ4n) is 3.23. The first-order chi connectivity index (χ1) is 13.3. The van der Waals surface area contributed by atoms with E-state index >= 15 is 0 Å². The van der Waals surface area contributed by atoms with E-state index in [1.165, 1.54) is 10.9 Å². The molecule has 8 heteroatoms. The molecule has 1 atom stereocenters. The molecule has 5 nitrogen and oxygen atoms in total. The van der Waals surface area contributed by atoms with Gasteiger partial charge < -0.3 is 15.4 Å². The molecule has 1 aliphatic heterocycles. The van der Waals surface area contributed by atoms with Crippen molar-refractivity contribution in [1.82, 2.24) is 15.5 Å². The van der Waals surface area contributed by atoms with Crippen LogP contribution >= 0.6 is 35.3 Å². The zero-order chi connectivity index (χ0) is 18.9. The third kappa shape index (κ3) is 6.98. The Hall–Kier alpha value is -1.23. The van der Waals surface area contributed by atoms with E-state index in [2.05, 4.69) is 38.0 Å². The number of thiophene rings is 1. The lowest BCUT2D eigenvalue weighted by atomic mass is 10.0. The molecule has 2 aromatic rings. The highest BCUT2D eigenvalue weighted by Crippen LogP contribution is 2.22. The van der Waals surface area contributed by atoms with Crippen molar-refractivity contribution in [2.45, 2.75) is 12.5 Å². The van der Waals surface area contributed by atoms with Gasteiger partial charge in [-0.3, -0.25) is 9.89 Å². The van der Waals surface area contributed by atoms with Crippen LogP contribution in [0.25, 0.3) is 0 Å². The van der Waals surface area contributed by atoms with Gasteiger partial charge in [0.2, 0.25) is 0 Å². The SMILES string of the molecule is CN=C(NCCc1cccs1)NCC(c1cccc(F)c1)N1CCOCC1.I. The summed E-state index contributed by atoms with van der Waals surface area (Å²) in [5, 5.41) is 8.85. The van der Waals surface area contributed by atoms with Gasteiger partial charge in [0.15, 0.2) is 5.96 Å². The number of nitrogens with one attached hydrogen (secondary N) is 2. The third-order valence-electron chi connectivity index (χ3n) is 4.65. The van der Waals surface area contributed by atoms with E-state index in [1.54, 1.807) is 30.5 Å². The Morgan fingerprint density at radius 3 is 2.75 bits per heavy atom. The van der Waals surface area contributed by atoms with E-state index < -0.39 is 0 Å². The maximum absolute atomic E-state index is 13.8. The minimum absolute atomic E-state index is 0. The largest absolute Gasteiger partial charge is 0.379 e. The molecule has 28 heavy (non-hydrogen) atoms. The molecule has 1 aromatic carbocycles. The van der Waals surface area contributed by atoms with Gasteiger partial charge in [0.05, 0.1) is 19.3 Å². The molecule has 1 aromatic heterocycles. The molecule has 1 fully saturated rings. The quantitative estimate of drug-likeness (QED) is 0.336. The molecule has 0 radical (unpaired) electrons. The van der Waals surface area contributed by atoms with Crippen LogP contribution in [-0.4, -0.2) is 57.3 Å². The Morgan fingerprint density at radius 1 is 1.25 bits per heavy atom. The van der Waals surface area contributed by atoms with Gasteiger partial charge in [-0.2, -0.15) is 0 Å². The fraction of sp³-hybridized carbons (Fsp3) is 0.450. The van der Waals surface area contributed by atoms with Crippen molar-refractivity contribution < 1.29 is 9.13 Å². The van der Waals surface area contributed by atoms with Gasteiger partial charge in [-0.15, -0.1) is 35.3 Å². The van der Waals surface area contributed by atoms with Gasteiger partial charge in [0.1, 0.15) is 5.82 Å². The molecule has 0 aliphatic carbocycles. The molecule has 1 unspecified atom stereocenters. The van der Waals surface area contributed by atoms with Crippen molar-refractivity contribution >= 4 is 41.3 Å². The molecule has 3 rings (SSSR count). The highest BCUT2D eigenvalue weighted by Gasteiger charge is 2.23. The van der Waals surface area contributed by atoms with E-state index in [0.717, 1.165) is 37.6 Å². The summed E-state index contributed by atoms with van der Waals surface area (Å²) in [4.78, 5) is 8.00. The molecular weight excluding hydrogens is 490 g/mol. The lowest BCUT2D eigenvalue weighted by Gasteiger charge is -2.35. The number of nitrogens with zero attached hydrogens (tertiary/aromatic N) is 2.